The third kappa shape index (κ3) is 5.22. The summed E-state index contributed by atoms with van der Waals surface area (Å²) in [4.78, 5) is 26.0. The molecule has 0 aliphatic rings. The number of amides is 1. The van der Waals surface area contributed by atoms with Crippen LogP contribution in [0.5, 0.6) is 5.75 Å². The normalized spacial score (nSPS) is 10.8. The highest BCUT2D eigenvalue weighted by Gasteiger charge is 2.17. The van der Waals surface area contributed by atoms with Crippen molar-refractivity contribution in [2.75, 3.05) is 20.3 Å². The molecule has 140 valence electrons. The van der Waals surface area contributed by atoms with E-state index in [1.807, 2.05) is 57.2 Å². The zero-order valence-corrected chi connectivity index (χ0v) is 16.0. The minimum Gasteiger partial charge on any atom is -0.497 e. The maximum atomic E-state index is 12.2. The number of carbonyl (C=O) groups excluding carboxylic acids is 2. The minimum absolute atomic E-state index is 0.0960. The van der Waals surface area contributed by atoms with Crippen LogP contribution in [0.1, 0.15) is 32.8 Å². The number of carbonyl (C=O) groups is 2. The van der Waals surface area contributed by atoms with Crippen LogP contribution in [0.25, 0.3) is 10.8 Å². The van der Waals surface area contributed by atoms with Crippen molar-refractivity contribution in [3.8, 4) is 5.75 Å². The Morgan fingerprint density at radius 2 is 1.77 bits per heavy atom. The first-order valence-electron chi connectivity index (χ1n) is 8.96. The molecule has 0 aliphatic heterocycles. The van der Waals surface area contributed by atoms with Gasteiger partial charge in [-0.1, -0.05) is 31.2 Å². The van der Waals surface area contributed by atoms with Crippen LogP contribution in [0.2, 0.25) is 0 Å². The van der Waals surface area contributed by atoms with E-state index in [2.05, 4.69) is 0 Å². The van der Waals surface area contributed by atoms with E-state index in [1.165, 1.54) is 0 Å². The van der Waals surface area contributed by atoms with Gasteiger partial charge in [0, 0.05) is 12.6 Å². The van der Waals surface area contributed by atoms with Crippen LogP contribution in [0.15, 0.2) is 36.4 Å². The lowest BCUT2D eigenvalue weighted by molar-refractivity contribution is -0.152. The maximum absolute atomic E-state index is 12.2. The van der Waals surface area contributed by atoms with Crippen LogP contribution in [0.4, 0.5) is 0 Å². The summed E-state index contributed by atoms with van der Waals surface area (Å²) in [6, 6.07) is 11.7. The summed E-state index contributed by atoms with van der Waals surface area (Å²) in [5, 5.41) is 2.07. The zero-order valence-electron chi connectivity index (χ0n) is 16.0. The van der Waals surface area contributed by atoms with Gasteiger partial charge in [0.05, 0.1) is 13.5 Å². The summed E-state index contributed by atoms with van der Waals surface area (Å²) in [5.74, 6) is 0.247. The molecule has 2 rings (SSSR count). The van der Waals surface area contributed by atoms with E-state index >= 15 is 0 Å². The Balaban J connectivity index is 1.95. The van der Waals surface area contributed by atoms with Crippen molar-refractivity contribution < 1.29 is 19.1 Å². The van der Waals surface area contributed by atoms with Crippen LogP contribution in [0, 0.1) is 0 Å². The Labute approximate surface area is 154 Å². The molecule has 0 bridgehead atoms. The number of esters is 1. The zero-order chi connectivity index (χ0) is 19.1. The Morgan fingerprint density at radius 1 is 1.08 bits per heavy atom. The van der Waals surface area contributed by atoms with Crippen molar-refractivity contribution in [1.29, 1.82) is 0 Å². The fourth-order valence-electron chi connectivity index (χ4n) is 2.86. The first-order chi connectivity index (χ1) is 12.4. The molecular weight excluding hydrogens is 330 g/mol. The summed E-state index contributed by atoms with van der Waals surface area (Å²) in [5.41, 5.74) is 0.856. The molecule has 0 atom stereocenters. The van der Waals surface area contributed by atoms with E-state index in [4.69, 9.17) is 9.47 Å². The van der Waals surface area contributed by atoms with Gasteiger partial charge in [0.2, 0.25) is 0 Å². The van der Waals surface area contributed by atoms with Gasteiger partial charge in [0.1, 0.15) is 5.75 Å². The average molecular weight is 357 g/mol. The molecule has 1 amide bonds. The van der Waals surface area contributed by atoms with Gasteiger partial charge in [-0.15, -0.1) is 0 Å². The van der Waals surface area contributed by atoms with Gasteiger partial charge in [-0.25, -0.2) is 0 Å². The lowest BCUT2D eigenvalue weighted by Gasteiger charge is -2.26. The molecule has 0 aromatic heterocycles. The van der Waals surface area contributed by atoms with Gasteiger partial charge in [-0.3, -0.25) is 9.59 Å². The van der Waals surface area contributed by atoms with E-state index in [-0.39, 0.29) is 25.0 Å². The molecular formula is C21H27NO4. The van der Waals surface area contributed by atoms with Crippen molar-refractivity contribution in [3.63, 3.8) is 0 Å². The van der Waals surface area contributed by atoms with Gasteiger partial charge < -0.3 is 14.4 Å². The number of ether oxygens (including phenoxy) is 2. The number of hydrogen-bond acceptors (Lipinski definition) is 4. The molecule has 2 aromatic carbocycles. The summed E-state index contributed by atoms with van der Waals surface area (Å²) in [6.45, 7) is 6.40. The number of rotatable bonds is 8. The summed E-state index contributed by atoms with van der Waals surface area (Å²) in [7, 11) is 1.63. The van der Waals surface area contributed by atoms with E-state index in [0.717, 1.165) is 28.5 Å². The highest BCUT2D eigenvalue weighted by atomic mass is 16.5. The van der Waals surface area contributed by atoms with Crippen molar-refractivity contribution >= 4 is 22.6 Å². The number of methoxy groups -OCH3 is 1. The van der Waals surface area contributed by atoms with E-state index in [1.54, 1.807) is 12.0 Å². The van der Waals surface area contributed by atoms with Gasteiger partial charge in [-0.2, -0.15) is 0 Å². The molecule has 0 radical (unpaired) electrons. The largest absolute Gasteiger partial charge is 0.497 e. The van der Waals surface area contributed by atoms with Gasteiger partial charge >= 0.3 is 5.97 Å². The third-order valence-corrected chi connectivity index (χ3v) is 4.23. The van der Waals surface area contributed by atoms with Gasteiger partial charge in [0.25, 0.3) is 5.91 Å². The van der Waals surface area contributed by atoms with Crippen molar-refractivity contribution in [2.45, 2.75) is 39.7 Å². The van der Waals surface area contributed by atoms with Crippen LogP contribution in [-0.2, 0) is 20.7 Å². The minimum atomic E-state index is -0.397. The van der Waals surface area contributed by atoms with E-state index in [0.29, 0.717) is 6.54 Å². The molecule has 5 heteroatoms. The standard InChI is InChI=1S/C21H27NO4/c1-5-10-22(15(2)3)20(23)14-26-21(24)12-16-6-7-18-13-19(25-4)9-8-17(18)11-16/h6-9,11,13,15H,5,10,12,14H2,1-4H3. The van der Waals surface area contributed by atoms with Crippen molar-refractivity contribution in [3.05, 3.63) is 42.0 Å². The van der Waals surface area contributed by atoms with Crippen LogP contribution in [-0.4, -0.2) is 43.1 Å². The van der Waals surface area contributed by atoms with Crippen LogP contribution < -0.4 is 4.74 Å². The van der Waals surface area contributed by atoms with E-state index in [9.17, 15) is 9.59 Å². The topological polar surface area (TPSA) is 55.8 Å². The molecule has 0 spiro atoms. The number of benzene rings is 2. The molecule has 0 unspecified atom stereocenters. The molecule has 0 aliphatic carbocycles. The Bertz CT molecular complexity index is 770. The summed E-state index contributed by atoms with van der Waals surface area (Å²) >= 11 is 0. The highest BCUT2D eigenvalue weighted by Crippen LogP contribution is 2.22. The first-order valence-corrected chi connectivity index (χ1v) is 8.96. The lowest BCUT2D eigenvalue weighted by Crippen LogP contribution is -2.40. The van der Waals surface area contributed by atoms with Crippen LogP contribution in [0.3, 0.4) is 0 Å². The van der Waals surface area contributed by atoms with Crippen molar-refractivity contribution in [2.24, 2.45) is 0 Å². The molecule has 26 heavy (non-hydrogen) atoms. The smallest absolute Gasteiger partial charge is 0.310 e. The predicted molar refractivity (Wildman–Crippen MR) is 102 cm³/mol. The first kappa shape index (κ1) is 19.8. The monoisotopic (exact) mass is 357 g/mol. The SMILES string of the molecule is CCCN(C(=O)COC(=O)Cc1ccc2cc(OC)ccc2c1)C(C)C. The number of hydrogen-bond donors (Lipinski definition) is 0. The maximum Gasteiger partial charge on any atom is 0.310 e. The van der Waals surface area contributed by atoms with Crippen LogP contribution >= 0.6 is 0 Å². The quantitative estimate of drug-likeness (QED) is 0.678. The summed E-state index contributed by atoms with van der Waals surface area (Å²) in [6.07, 6.45) is 1.02. The second-order valence-electron chi connectivity index (χ2n) is 6.57. The number of fused-ring (bicyclic) bond motifs is 1. The lowest BCUT2D eigenvalue weighted by atomic mass is 10.0. The Morgan fingerprint density at radius 3 is 2.42 bits per heavy atom. The molecule has 0 fully saturated rings. The molecule has 0 N–H and O–H groups in total. The second kappa shape index (κ2) is 9.22. The Kier molecular flexibility index (Phi) is 7.01. The molecule has 0 saturated heterocycles. The Hall–Kier alpha value is -2.56. The van der Waals surface area contributed by atoms with Gasteiger partial charge in [0.15, 0.2) is 6.61 Å². The summed E-state index contributed by atoms with van der Waals surface area (Å²) < 4.78 is 10.4. The third-order valence-electron chi connectivity index (χ3n) is 4.23. The molecule has 2 aromatic rings. The molecule has 5 nitrogen and oxygen atoms in total. The van der Waals surface area contributed by atoms with Gasteiger partial charge in [-0.05, 0) is 48.7 Å². The number of nitrogens with zero attached hydrogens (tertiary/aromatic N) is 1. The molecule has 0 heterocycles. The average Bonchev–Trinajstić information content (AvgIpc) is 2.63. The second-order valence-corrected chi connectivity index (χ2v) is 6.57. The molecule has 0 saturated carbocycles. The fourth-order valence-corrected chi connectivity index (χ4v) is 2.86. The predicted octanol–water partition coefficient (Wildman–Crippen LogP) is 3.58. The highest BCUT2D eigenvalue weighted by molar-refractivity contribution is 5.86. The van der Waals surface area contributed by atoms with E-state index < -0.39 is 5.97 Å². The van der Waals surface area contributed by atoms with Crippen molar-refractivity contribution in [1.82, 2.24) is 4.90 Å². The fraction of sp³-hybridized carbons (Fsp3) is 0.429.